The third-order valence-corrected chi connectivity index (χ3v) is 5.88. The monoisotopic (exact) mass is 414 g/mol. The number of nitrogens with one attached hydrogen (secondary N) is 1. The first kappa shape index (κ1) is 20.6. The minimum atomic E-state index is -3.78. The molecule has 0 aliphatic carbocycles. The van der Waals surface area contributed by atoms with Crippen LogP contribution in [0.2, 0.25) is 10.0 Å². The number of aryl methyl sites for hydroxylation is 1. The predicted molar refractivity (Wildman–Crippen MR) is 108 cm³/mol. The lowest BCUT2D eigenvalue weighted by atomic mass is 10.1. The smallest absolute Gasteiger partial charge is 0.248 e. The number of carbonyl (C=O) groups excluding carboxylic acids is 1. The van der Waals surface area contributed by atoms with Gasteiger partial charge >= 0.3 is 0 Å². The predicted octanol–water partition coefficient (Wildman–Crippen LogP) is 4.40. The molecule has 26 heavy (non-hydrogen) atoms. The van der Waals surface area contributed by atoms with Crippen molar-refractivity contribution in [2.75, 3.05) is 15.9 Å². The second kappa shape index (κ2) is 7.86. The molecule has 8 heteroatoms. The number of carbonyl (C=O) groups is 1. The second-order valence-corrected chi connectivity index (χ2v) is 8.77. The number of halogens is 2. The summed E-state index contributed by atoms with van der Waals surface area (Å²) in [5, 5.41) is 3.29. The number of hydrogen-bond acceptors (Lipinski definition) is 3. The molecule has 0 unspecified atom stereocenters. The average Bonchev–Trinajstić information content (AvgIpc) is 2.54. The molecular weight excluding hydrogens is 395 g/mol. The van der Waals surface area contributed by atoms with Crippen LogP contribution in [0.3, 0.4) is 0 Å². The average molecular weight is 415 g/mol. The summed E-state index contributed by atoms with van der Waals surface area (Å²) in [6, 6.07) is 8.97. The molecule has 0 fully saturated rings. The van der Waals surface area contributed by atoms with Gasteiger partial charge in [0, 0.05) is 10.7 Å². The standard InChI is InChI=1S/C18H20Cl2N2O3S/c1-11-6-5-7-16(12(11)2)21-18(23)13(3)22(26(4,24)25)17-10-14(19)8-9-15(17)20/h5-10,13H,1-4H3,(H,21,23)/t13-/m0/s1. The topological polar surface area (TPSA) is 66.5 Å². The van der Waals surface area contributed by atoms with Crippen LogP contribution < -0.4 is 9.62 Å². The summed E-state index contributed by atoms with van der Waals surface area (Å²) in [6.07, 6.45) is 1.02. The molecule has 0 saturated carbocycles. The van der Waals surface area contributed by atoms with Crippen molar-refractivity contribution in [2.24, 2.45) is 0 Å². The van der Waals surface area contributed by atoms with Gasteiger partial charge in [-0.05, 0) is 56.2 Å². The van der Waals surface area contributed by atoms with Gasteiger partial charge in [0.25, 0.3) is 0 Å². The Hall–Kier alpha value is -1.76. The zero-order valence-corrected chi connectivity index (χ0v) is 17.2. The first-order valence-corrected chi connectivity index (χ1v) is 10.4. The van der Waals surface area contributed by atoms with Crippen molar-refractivity contribution in [3.8, 4) is 0 Å². The van der Waals surface area contributed by atoms with Crippen LogP contribution in [0.25, 0.3) is 0 Å². The van der Waals surface area contributed by atoms with Gasteiger partial charge in [-0.25, -0.2) is 8.42 Å². The quantitative estimate of drug-likeness (QED) is 0.787. The van der Waals surface area contributed by atoms with E-state index in [1.54, 1.807) is 12.1 Å². The van der Waals surface area contributed by atoms with E-state index in [0.29, 0.717) is 10.7 Å². The molecule has 0 spiro atoms. The molecule has 0 aliphatic heterocycles. The van der Waals surface area contributed by atoms with Gasteiger partial charge < -0.3 is 5.32 Å². The van der Waals surface area contributed by atoms with Crippen molar-refractivity contribution in [3.63, 3.8) is 0 Å². The van der Waals surface area contributed by atoms with Crippen LogP contribution in [-0.2, 0) is 14.8 Å². The Morgan fingerprint density at radius 2 is 1.81 bits per heavy atom. The highest BCUT2D eigenvalue weighted by Gasteiger charge is 2.31. The number of benzene rings is 2. The molecule has 5 nitrogen and oxygen atoms in total. The number of anilines is 2. The molecule has 0 aromatic heterocycles. The van der Waals surface area contributed by atoms with Crippen LogP contribution in [0.5, 0.6) is 0 Å². The van der Waals surface area contributed by atoms with Crippen LogP contribution in [0.15, 0.2) is 36.4 Å². The van der Waals surface area contributed by atoms with Crippen LogP contribution in [-0.4, -0.2) is 26.6 Å². The summed E-state index contributed by atoms with van der Waals surface area (Å²) in [5.41, 5.74) is 2.73. The van der Waals surface area contributed by atoms with Gasteiger partial charge in [0.1, 0.15) is 6.04 Å². The molecule has 2 aromatic carbocycles. The van der Waals surface area contributed by atoms with Crippen LogP contribution in [0.1, 0.15) is 18.1 Å². The van der Waals surface area contributed by atoms with Gasteiger partial charge in [0.05, 0.1) is 17.0 Å². The van der Waals surface area contributed by atoms with Gasteiger partial charge in [0.2, 0.25) is 15.9 Å². The molecule has 0 radical (unpaired) electrons. The van der Waals surface area contributed by atoms with Gasteiger partial charge in [-0.2, -0.15) is 0 Å². The van der Waals surface area contributed by atoms with Crippen molar-refractivity contribution in [2.45, 2.75) is 26.8 Å². The minimum absolute atomic E-state index is 0.158. The minimum Gasteiger partial charge on any atom is -0.324 e. The summed E-state index contributed by atoms with van der Waals surface area (Å²) in [4.78, 5) is 12.7. The maximum atomic E-state index is 12.7. The Kier molecular flexibility index (Phi) is 6.21. The molecule has 0 bridgehead atoms. The summed E-state index contributed by atoms with van der Waals surface area (Å²) in [5.74, 6) is -0.472. The molecule has 1 amide bonds. The fraction of sp³-hybridized carbons (Fsp3) is 0.278. The van der Waals surface area contributed by atoms with Crippen molar-refractivity contribution >= 4 is 50.5 Å². The highest BCUT2D eigenvalue weighted by atomic mass is 35.5. The van der Waals surface area contributed by atoms with E-state index in [2.05, 4.69) is 5.32 Å². The zero-order valence-electron chi connectivity index (χ0n) is 14.9. The van der Waals surface area contributed by atoms with Crippen molar-refractivity contribution in [1.82, 2.24) is 0 Å². The Bertz CT molecular complexity index is 945. The Morgan fingerprint density at radius 3 is 2.42 bits per heavy atom. The SMILES string of the molecule is Cc1cccc(NC(=O)[C@H](C)N(c2cc(Cl)ccc2Cl)S(C)(=O)=O)c1C. The normalized spacial score (nSPS) is 12.5. The van der Waals surface area contributed by atoms with E-state index in [-0.39, 0.29) is 10.7 Å². The molecule has 140 valence electrons. The summed E-state index contributed by atoms with van der Waals surface area (Å²) < 4.78 is 25.7. The Balaban J connectivity index is 2.41. The van der Waals surface area contributed by atoms with Gasteiger partial charge in [-0.15, -0.1) is 0 Å². The lowest BCUT2D eigenvalue weighted by molar-refractivity contribution is -0.116. The zero-order chi connectivity index (χ0) is 19.6. The first-order valence-electron chi connectivity index (χ1n) is 7.84. The third-order valence-electron chi connectivity index (χ3n) is 4.10. The largest absolute Gasteiger partial charge is 0.324 e. The Labute approximate surface area is 164 Å². The molecule has 0 saturated heterocycles. The van der Waals surface area contributed by atoms with E-state index in [1.807, 2.05) is 26.0 Å². The fourth-order valence-corrected chi connectivity index (χ4v) is 4.16. The highest BCUT2D eigenvalue weighted by molar-refractivity contribution is 7.92. The van der Waals surface area contributed by atoms with E-state index >= 15 is 0 Å². The second-order valence-electron chi connectivity index (χ2n) is 6.07. The van der Waals surface area contributed by atoms with Crippen molar-refractivity contribution in [1.29, 1.82) is 0 Å². The van der Waals surface area contributed by atoms with Crippen LogP contribution >= 0.6 is 23.2 Å². The Morgan fingerprint density at radius 1 is 1.15 bits per heavy atom. The van der Waals surface area contributed by atoms with Crippen LogP contribution in [0, 0.1) is 13.8 Å². The van der Waals surface area contributed by atoms with Gasteiger partial charge in [-0.3, -0.25) is 9.10 Å². The summed E-state index contributed by atoms with van der Waals surface area (Å²) in [7, 11) is -3.78. The number of amides is 1. The van der Waals surface area contributed by atoms with E-state index in [9.17, 15) is 13.2 Å². The van der Waals surface area contributed by atoms with Crippen LogP contribution in [0.4, 0.5) is 11.4 Å². The molecule has 0 heterocycles. The molecule has 1 atom stereocenters. The molecule has 2 aromatic rings. The van der Waals surface area contributed by atoms with Gasteiger partial charge in [0.15, 0.2) is 0 Å². The number of rotatable bonds is 5. The third kappa shape index (κ3) is 4.50. The van der Waals surface area contributed by atoms with E-state index in [4.69, 9.17) is 23.2 Å². The number of hydrogen-bond donors (Lipinski definition) is 1. The maximum Gasteiger partial charge on any atom is 0.248 e. The molecule has 1 N–H and O–H groups in total. The van der Waals surface area contributed by atoms with Crippen molar-refractivity contribution < 1.29 is 13.2 Å². The fourth-order valence-electron chi connectivity index (χ4n) is 2.56. The van der Waals surface area contributed by atoms with E-state index in [1.165, 1.54) is 19.1 Å². The summed E-state index contributed by atoms with van der Waals surface area (Å²) >= 11 is 12.1. The lowest BCUT2D eigenvalue weighted by Gasteiger charge is -2.29. The summed E-state index contributed by atoms with van der Waals surface area (Å²) in [6.45, 7) is 5.32. The first-order chi connectivity index (χ1) is 12.0. The van der Waals surface area contributed by atoms with Crippen molar-refractivity contribution in [3.05, 3.63) is 57.6 Å². The van der Waals surface area contributed by atoms with E-state index in [0.717, 1.165) is 21.7 Å². The molecular formula is C18H20Cl2N2O3S. The molecule has 2 rings (SSSR count). The number of sulfonamides is 1. The van der Waals surface area contributed by atoms with Gasteiger partial charge in [-0.1, -0.05) is 35.3 Å². The van der Waals surface area contributed by atoms with E-state index < -0.39 is 22.0 Å². The maximum absolute atomic E-state index is 12.7. The number of nitrogens with zero attached hydrogens (tertiary/aromatic N) is 1. The molecule has 0 aliphatic rings. The lowest BCUT2D eigenvalue weighted by Crippen LogP contribution is -2.45. The highest BCUT2D eigenvalue weighted by Crippen LogP contribution is 2.32.